The van der Waals surface area contributed by atoms with Crippen LogP contribution in [0.1, 0.15) is 16.9 Å². The summed E-state index contributed by atoms with van der Waals surface area (Å²) in [6.07, 6.45) is 2.90. The molecule has 1 amide bonds. The molecule has 1 saturated heterocycles. The predicted molar refractivity (Wildman–Crippen MR) is 63.0 cm³/mol. The second kappa shape index (κ2) is 5.22. The van der Waals surface area contributed by atoms with Gasteiger partial charge in [-0.1, -0.05) is 0 Å². The maximum atomic E-state index is 12.1. The number of rotatable bonds is 3. The zero-order valence-electron chi connectivity index (χ0n) is 9.13. The summed E-state index contributed by atoms with van der Waals surface area (Å²) in [5.74, 6) is 0.469. The Balaban J connectivity index is 2.10. The maximum absolute atomic E-state index is 12.1. The Morgan fingerprint density at radius 3 is 3.12 bits per heavy atom. The normalized spacial score (nSPS) is 20.2. The molecule has 0 aromatic carbocycles. The summed E-state index contributed by atoms with van der Waals surface area (Å²) in [7, 11) is 0. The highest BCUT2D eigenvalue weighted by molar-refractivity contribution is 7.99. The Morgan fingerprint density at radius 2 is 2.47 bits per heavy atom. The van der Waals surface area contributed by atoms with Crippen molar-refractivity contribution >= 4 is 23.6 Å². The highest BCUT2D eigenvalue weighted by Gasteiger charge is 2.29. The number of carbonyl (C=O) groups excluding carboxylic acids is 1. The Morgan fingerprint density at radius 1 is 1.65 bits per heavy atom. The van der Waals surface area contributed by atoms with Gasteiger partial charge in [0.25, 0.3) is 5.91 Å². The van der Waals surface area contributed by atoms with Crippen LogP contribution in [0.2, 0.25) is 0 Å². The van der Waals surface area contributed by atoms with E-state index in [4.69, 9.17) is 5.11 Å². The number of nitrogens with zero attached hydrogens (tertiary/aromatic N) is 2. The average Bonchev–Trinajstić information content (AvgIpc) is 2.81. The van der Waals surface area contributed by atoms with Gasteiger partial charge in [-0.15, -0.1) is 0 Å². The van der Waals surface area contributed by atoms with Gasteiger partial charge in [-0.25, -0.2) is 4.98 Å². The molecule has 1 aliphatic heterocycles. The zero-order valence-corrected chi connectivity index (χ0v) is 9.94. The number of hydrogen-bond donors (Lipinski definition) is 2. The number of amides is 1. The molecular weight excluding hydrogens is 242 g/mol. The van der Waals surface area contributed by atoms with Gasteiger partial charge in [0.15, 0.2) is 0 Å². The largest absolute Gasteiger partial charge is 0.481 e. The van der Waals surface area contributed by atoms with Crippen LogP contribution in [0.5, 0.6) is 0 Å². The third-order valence-electron chi connectivity index (χ3n) is 2.63. The lowest BCUT2D eigenvalue weighted by molar-refractivity contribution is -0.138. The van der Waals surface area contributed by atoms with Gasteiger partial charge in [0.2, 0.25) is 0 Å². The fourth-order valence-corrected chi connectivity index (χ4v) is 2.88. The first-order valence-electron chi connectivity index (χ1n) is 5.27. The Labute approximate surface area is 102 Å². The van der Waals surface area contributed by atoms with E-state index < -0.39 is 5.97 Å². The summed E-state index contributed by atoms with van der Waals surface area (Å²) in [6.45, 7) is 0.584. The highest BCUT2D eigenvalue weighted by Crippen LogP contribution is 2.20. The summed E-state index contributed by atoms with van der Waals surface area (Å²) >= 11 is 1.68. The molecule has 92 valence electrons. The van der Waals surface area contributed by atoms with Gasteiger partial charge in [0, 0.05) is 18.1 Å². The number of hydrogen-bond acceptors (Lipinski definition) is 4. The second-order valence-electron chi connectivity index (χ2n) is 3.79. The zero-order chi connectivity index (χ0) is 12.3. The van der Waals surface area contributed by atoms with Crippen LogP contribution in [0.4, 0.5) is 0 Å². The van der Waals surface area contributed by atoms with E-state index in [0.29, 0.717) is 18.0 Å². The van der Waals surface area contributed by atoms with Crippen molar-refractivity contribution in [3.05, 3.63) is 18.2 Å². The number of carboxylic acids is 1. The van der Waals surface area contributed by atoms with E-state index in [2.05, 4.69) is 9.97 Å². The monoisotopic (exact) mass is 255 g/mol. The molecule has 0 bridgehead atoms. The fraction of sp³-hybridized carbons (Fsp3) is 0.500. The van der Waals surface area contributed by atoms with Crippen LogP contribution in [-0.4, -0.2) is 55.9 Å². The standard InChI is InChI=1S/C10H13N3O3S/c14-9(15)3-7-5-17-2-1-13(7)10(16)8-4-11-6-12-8/h4,6-7H,1-3,5H2,(H,11,12)(H,14,15). The smallest absolute Gasteiger partial charge is 0.305 e. The van der Waals surface area contributed by atoms with Crippen molar-refractivity contribution in [3.63, 3.8) is 0 Å². The van der Waals surface area contributed by atoms with Gasteiger partial charge in [-0.2, -0.15) is 11.8 Å². The van der Waals surface area contributed by atoms with Crippen molar-refractivity contribution in [3.8, 4) is 0 Å². The summed E-state index contributed by atoms with van der Waals surface area (Å²) in [5.41, 5.74) is 0.410. The van der Waals surface area contributed by atoms with Crippen molar-refractivity contribution < 1.29 is 14.7 Å². The molecule has 0 saturated carbocycles. The van der Waals surface area contributed by atoms with Crippen LogP contribution in [0.15, 0.2) is 12.5 Å². The molecule has 0 aliphatic carbocycles. The van der Waals surface area contributed by atoms with Crippen LogP contribution in [0.25, 0.3) is 0 Å². The number of imidazole rings is 1. The lowest BCUT2D eigenvalue weighted by Crippen LogP contribution is -2.47. The van der Waals surface area contributed by atoms with Crippen LogP contribution in [0.3, 0.4) is 0 Å². The third-order valence-corrected chi connectivity index (χ3v) is 3.72. The summed E-state index contributed by atoms with van der Waals surface area (Å²) in [6, 6.07) is -0.234. The topological polar surface area (TPSA) is 86.3 Å². The van der Waals surface area contributed by atoms with Crippen LogP contribution >= 0.6 is 11.8 Å². The minimum atomic E-state index is -0.875. The van der Waals surface area contributed by atoms with E-state index >= 15 is 0 Å². The third kappa shape index (κ3) is 2.79. The molecule has 6 nitrogen and oxygen atoms in total. The summed E-state index contributed by atoms with van der Waals surface area (Å²) in [4.78, 5) is 31.0. The number of carbonyl (C=O) groups is 2. The molecule has 1 fully saturated rings. The Bertz CT molecular complexity index is 407. The highest BCUT2D eigenvalue weighted by atomic mass is 32.2. The Hall–Kier alpha value is -1.50. The molecule has 2 rings (SSSR count). The van der Waals surface area contributed by atoms with Gasteiger partial charge in [-0.05, 0) is 0 Å². The molecule has 1 atom stereocenters. The molecule has 0 spiro atoms. The number of thioether (sulfide) groups is 1. The van der Waals surface area contributed by atoms with E-state index in [1.165, 1.54) is 12.5 Å². The van der Waals surface area contributed by atoms with Gasteiger partial charge in [-0.3, -0.25) is 9.59 Å². The van der Waals surface area contributed by atoms with Crippen LogP contribution < -0.4 is 0 Å². The first kappa shape index (κ1) is 12.0. The van der Waals surface area contributed by atoms with Crippen molar-refractivity contribution in [2.75, 3.05) is 18.1 Å². The number of H-pyrrole nitrogens is 1. The molecule has 1 unspecified atom stereocenters. The van der Waals surface area contributed by atoms with Gasteiger partial charge in [0.05, 0.1) is 25.0 Å². The van der Waals surface area contributed by atoms with E-state index in [1.54, 1.807) is 16.7 Å². The van der Waals surface area contributed by atoms with Crippen molar-refractivity contribution in [2.45, 2.75) is 12.5 Å². The summed E-state index contributed by atoms with van der Waals surface area (Å²) < 4.78 is 0. The quantitative estimate of drug-likeness (QED) is 0.818. The van der Waals surface area contributed by atoms with Gasteiger partial charge in [0.1, 0.15) is 5.69 Å². The van der Waals surface area contributed by atoms with Crippen molar-refractivity contribution in [2.24, 2.45) is 0 Å². The molecule has 1 aromatic rings. The van der Waals surface area contributed by atoms with Crippen LogP contribution in [0, 0.1) is 0 Å². The first-order valence-corrected chi connectivity index (χ1v) is 6.43. The molecule has 1 aliphatic rings. The first-order chi connectivity index (χ1) is 8.18. The van der Waals surface area contributed by atoms with Gasteiger partial charge < -0.3 is 15.0 Å². The van der Waals surface area contributed by atoms with E-state index in [0.717, 1.165) is 5.75 Å². The van der Waals surface area contributed by atoms with Crippen molar-refractivity contribution in [1.29, 1.82) is 0 Å². The van der Waals surface area contributed by atoms with Crippen molar-refractivity contribution in [1.82, 2.24) is 14.9 Å². The summed E-state index contributed by atoms with van der Waals surface area (Å²) in [5, 5.41) is 8.83. The van der Waals surface area contributed by atoms with E-state index in [-0.39, 0.29) is 18.4 Å². The van der Waals surface area contributed by atoms with Gasteiger partial charge >= 0.3 is 5.97 Å². The second-order valence-corrected chi connectivity index (χ2v) is 4.94. The number of aromatic nitrogens is 2. The minimum Gasteiger partial charge on any atom is -0.481 e. The molecule has 0 radical (unpaired) electrons. The molecule has 2 heterocycles. The lowest BCUT2D eigenvalue weighted by Gasteiger charge is -2.34. The number of aromatic amines is 1. The van der Waals surface area contributed by atoms with E-state index in [1.807, 2.05) is 0 Å². The number of carboxylic acid groups (broad SMARTS) is 1. The SMILES string of the molecule is O=C(O)CC1CSCCN1C(=O)c1cnc[nH]1. The molecule has 17 heavy (non-hydrogen) atoms. The molecular formula is C10H13N3O3S. The molecule has 1 aromatic heterocycles. The Kier molecular flexibility index (Phi) is 3.68. The molecule has 7 heteroatoms. The maximum Gasteiger partial charge on any atom is 0.305 e. The van der Waals surface area contributed by atoms with Crippen LogP contribution in [-0.2, 0) is 4.79 Å². The number of nitrogens with one attached hydrogen (secondary N) is 1. The lowest BCUT2D eigenvalue weighted by atomic mass is 10.2. The number of aliphatic carboxylic acids is 1. The average molecular weight is 255 g/mol. The fourth-order valence-electron chi connectivity index (χ4n) is 1.82. The molecule has 2 N–H and O–H groups in total. The predicted octanol–water partition coefficient (Wildman–Crippen LogP) is 0.442. The van der Waals surface area contributed by atoms with E-state index in [9.17, 15) is 9.59 Å². The minimum absolute atomic E-state index is 0.00707.